The maximum absolute atomic E-state index is 11.3. The Kier molecular flexibility index (Phi) is 7.40. The van der Waals surface area contributed by atoms with E-state index in [-0.39, 0.29) is 0 Å². The maximum Gasteiger partial charge on any atom is 0.147 e. The summed E-state index contributed by atoms with van der Waals surface area (Å²) < 4.78 is 22.5. The molecule has 0 aliphatic carbocycles. The van der Waals surface area contributed by atoms with E-state index in [1.165, 1.54) is 17.4 Å². The molecule has 0 saturated carbocycles. The molecule has 0 radical (unpaired) electrons. The maximum atomic E-state index is 11.3. The first-order chi connectivity index (χ1) is 9.76. The van der Waals surface area contributed by atoms with E-state index in [0.29, 0.717) is 17.7 Å². The summed E-state index contributed by atoms with van der Waals surface area (Å²) in [7, 11) is -2.85. The normalized spacial score (nSPS) is 13.6. The Morgan fingerprint density at radius 3 is 2.52 bits per heavy atom. The van der Waals surface area contributed by atoms with Crippen LogP contribution in [0.15, 0.2) is 24.3 Å². The molecule has 0 aliphatic rings. The molecule has 0 aromatic heterocycles. The van der Waals surface area contributed by atoms with Gasteiger partial charge in [0.2, 0.25) is 0 Å². The molecule has 0 amide bonds. The zero-order valence-corrected chi connectivity index (χ0v) is 14.5. The zero-order chi connectivity index (χ0) is 15.9. The summed E-state index contributed by atoms with van der Waals surface area (Å²) in [5.41, 5.74) is 2.61. The van der Waals surface area contributed by atoms with Crippen molar-refractivity contribution >= 4 is 9.84 Å². The molecular formula is C17H29NO2S. The van der Waals surface area contributed by atoms with Crippen LogP contribution in [0.5, 0.6) is 0 Å². The molecule has 0 spiro atoms. The van der Waals surface area contributed by atoms with Gasteiger partial charge in [0.1, 0.15) is 9.84 Å². The average molecular weight is 311 g/mol. The molecule has 0 fully saturated rings. The summed E-state index contributed by atoms with van der Waals surface area (Å²) >= 11 is 0. The van der Waals surface area contributed by atoms with Gasteiger partial charge in [0.15, 0.2) is 0 Å². The van der Waals surface area contributed by atoms with E-state index in [4.69, 9.17) is 0 Å². The third-order valence-corrected chi connectivity index (χ3v) is 4.58. The molecule has 0 bridgehead atoms. The molecule has 1 aromatic rings. The van der Waals surface area contributed by atoms with Crippen molar-refractivity contribution in [2.24, 2.45) is 5.92 Å². The van der Waals surface area contributed by atoms with Crippen LogP contribution < -0.4 is 5.32 Å². The van der Waals surface area contributed by atoms with Crippen molar-refractivity contribution in [3.05, 3.63) is 35.4 Å². The van der Waals surface area contributed by atoms with Crippen LogP contribution in [0.1, 0.15) is 37.8 Å². The first-order valence-electron chi connectivity index (χ1n) is 7.73. The fourth-order valence-electron chi connectivity index (χ4n) is 2.49. The molecule has 1 rings (SSSR count). The highest BCUT2D eigenvalue weighted by molar-refractivity contribution is 7.90. The van der Waals surface area contributed by atoms with Crippen molar-refractivity contribution in [3.8, 4) is 0 Å². The molecule has 0 heterocycles. The van der Waals surface area contributed by atoms with Gasteiger partial charge in [-0.3, -0.25) is 0 Å². The Hall–Kier alpha value is -0.870. The van der Waals surface area contributed by atoms with Crippen molar-refractivity contribution in [1.29, 1.82) is 0 Å². The fraction of sp³-hybridized carbons (Fsp3) is 0.647. The molecule has 3 nitrogen and oxygen atoms in total. The van der Waals surface area contributed by atoms with Crippen molar-refractivity contribution in [1.82, 2.24) is 5.32 Å². The van der Waals surface area contributed by atoms with Crippen LogP contribution in [0.3, 0.4) is 0 Å². The molecule has 21 heavy (non-hydrogen) atoms. The number of sulfone groups is 1. The Balaban J connectivity index is 2.59. The number of benzene rings is 1. The second kappa shape index (κ2) is 8.54. The number of aryl methyl sites for hydroxylation is 1. The Morgan fingerprint density at radius 1 is 1.24 bits per heavy atom. The predicted molar refractivity (Wildman–Crippen MR) is 90.5 cm³/mol. The highest BCUT2D eigenvalue weighted by atomic mass is 32.2. The van der Waals surface area contributed by atoms with Gasteiger partial charge in [0.25, 0.3) is 0 Å². The molecule has 0 aliphatic heterocycles. The van der Waals surface area contributed by atoms with Crippen molar-refractivity contribution in [3.63, 3.8) is 0 Å². The third kappa shape index (κ3) is 8.89. The highest BCUT2D eigenvalue weighted by Crippen LogP contribution is 2.16. The van der Waals surface area contributed by atoms with E-state index in [1.807, 2.05) is 0 Å². The lowest BCUT2D eigenvalue weighted by molar-refractivity contribution is 0.418. The first-order valence-corrected chi connectivity index (χ1v) is 9.79. The van der Waals surface area contributed by atoms with Crippen LogP contribution in [0.4, 0.5) is 0 Å². The van der Waals surface area contributed by atoms with E-state index in [0.717, 1.165) is 25.8 Å². The Morgan fingerprint density at radius 2 is 1.95 bits per heavy atom. The second-order valence-electron chi connectivity index (χ2n) is 6.39. The number of rotatable bonds is 9. The van der Waals surface area contributed by atoms with Crippen LogP contribution in [0.2, 0.25) is 0 Å². The van der Waals surface area contributed by atoms with E-state index >= 15 is 0 Å². The fourth-order valence-corrected chi connectivity index (χ4v) is 3.18. The predicted octanol–water partition coefficient (Wildman–Crippen LogP) is 2.98. The van der Waals surface area contributed by atoms with E-state index in [1.54, 1.807) is 0 Å². The zero-order valence-electron chi connectivity index (χ0n) is 13.7. The molecule has 0 saturated heterocycles. The van der Waals surface area contributed by atoms with Crippen molar-refractivity contribution in [2.75, 3.05) is 18.6 Å². The lowest BCUT2D eigenvalue weighted by atomic mass is 9.94. The molecule has 1 N–H and O–H groups in total. The largest absolute Gasteiger partial charge is 0.314 e. The van der Waals surface area contributed by atoms with E-state index in [9.17, 15) is 8.42 Å². The lowest BCUT2D eigenvalue weighted by Crippen LogP contribution is -2.30. The van der Waals surface area contributed by atoms with Gasteiger partial charge < -0.3 is 5.32 Å². The smallest absolute Gasteiger partial charge is 0.147 e. The van der Waals surface area contributed by atoms with Gasteiger partial charge in [-0.15, -0.1) is 0 Å². The molecular weight excluding hydrogens is 282 g/mol. The van der Waals surface area contributed by atoms with Gasteiger partial charge >= 0.3 is 0 Å². The van der Waals surface area contributed by atoms with E-state index in [2.05, 4.69) is 50.4 Å². The van der Waals surface area contributed by atoms with Crippen LogP contribution >= 0.6 is 0 Å². The summed E-state index contributed by atoms with van der Waals surface area (Å²) in [6, 6.07) is 9.04. The summed E-state index contributed by atoms with van der Waals surface area (Å²) in [5, 5.41) is 3.48. The number of hydrogen-bond acceptors (Lipinski definition) is 3. The average Bonchev–Trinajstić information content (AvgIpc) is 2.34. The minimum atomic E-state index is -2.85. The van der Waals surface area contributed by atoms with Crippen molar-refractivity contribution in [2.45, 2.75) is 46.1 Å². The lowest BCUT2D eigenvalue weighted by Gasteiger charge is -2.19. The van der Waals surface area contributed by atoms with Gasteiger partial charge in [0.05, 0.1) is 0 Å². The molecule has 1 atom stereocenters. The molecule has 120 valence electrons. The minimum Gasteiger partial charge on any atom is -0.314 e. The van der Waals surface area contributed by atoms with Gasteiger partial charge in [-0.1, -0.05) is 43.7 Å². The van der Waals surface area contributed by atoms with Gasteiger partial charge in [-0.25, -0.2) is 8.42 Å². The van der Waals surface area contributed by atoms with Crippen LogP contribution in [0, 0.1) is 12.8 Å². The summed E-state index contributed by atoms with van der Waals surface area (Å²) in [6.45, 7) is 7.32. The van der Waals surface area contributed by atoms with Gasteiger partial charge in [-0.2, -0.15) is 0 Å². The standard InChI is InChI=1S/C17H29NO2S/c1-14(2)18-13-17(9-6-10-21(4,19)20)12-16-8-5-7-15(3)11-16/h5,7-8,11,14,17-18H,6,9-10,12-13H2,1-4H3. The second-order valence-corrected chi connectivity index (χ2v) is 8.65. The highest BCUT2D eigenvalue weighted by Gasteiger charge is 2.12. The van der Waals surface area contributed by atoms with Crippen LogP contribution in [-0.4, -0.2) is 33.0 Å². The molecule has 1 aromatic carbocycles. The monoisotopic (exact) mass is 311 g/mol. The van der Waals surface area contributed by atoms with E-state index < -0.39 is 9.84 Å². The Bertz CT molecular complexity index is 523. The van der Waals surface area contributed by atoms with Crippen molar-refractivity contribution < 1.29 is 8.42 Å². The first kappa shape index (κ1) is 18.2. The summed E-state index contributed by atoms with van der Waals surface area (Å²) in [4.78, 5) is 0. The molecule has 1 unspecified atom stereocenters. The van der Waals surface area contributed by atoms with Crippen LogP contribution in [0.25, 0.3) is 0 Å². The Labute approximate surface area is 130 Å². The number of nitrogens with one attached hydrogen (secondary N) is 1. The summed E-state index contributed by atoms with van der Waals surface area (Å²) in [5.74, 6) is 0.773. The minimum absolute atomic E-state index is 0.291. The quantitative estimate of drug-likeness (QED) is 0.762. The molecule has 4 heteroatoms. The summed E-state index contributed by atoms with van der Waals surface area (Å²) in [6.07, 6.45) is 4.01. The number of hydrogen-bond donors (Lipinski definition) is 1. The van der Waals surface area contributed by atoms with Crippen LogP contribution in [-0.2, 0) is 16.3 Å². The van der Waals surface area contributed by atoms with Gasteiger partial charge in [-0.05, 0) is 44.2 Å². The third-order valence-electron chi connectivity index (χ3n) is 3.55. The van der Waals surface area contributed by atoms with Gasteiger partial charge in [0, 0.05) is 18.1 Å². The topological polar surface area (TPSA) is 46.2 Å². The SMILES string of the molecule is Cc1cccc(CC(CCCS(C)(=O)=O)CNC(C)C)c1.